The Morgan fingerprint density at radius 3 is 1.12 bits per heavy atom. The molecule has 0 heterocycles. The van der Waals surface area contributed by atoms with Crippen LogP contribution in [0.4, 0.5) is 0 Å². The Bertz CT molecular complexity index is 295. The Morgan fingerprint density at radius 2 is 0.923 bits per heavy atom. The zero-order valence-electron chi connectivity index (χ0n) is 19.0. The monoisotopic (exact) mass is 408 g/mol. The fourth-order valence-electron chi connectivity index (χ4n) is 3.10. The molecule has 160 valence electrons. The molecule has 0 aliphatic heterocycles. The van der Waals surface area contributed by atoms with E-state index >= 15 is 0 Å². The van der Waals surface area contributed by atoms with Crippen molar-refractivity contribution in [3.63, 3.8) is 0 Å². The smallest absolute Gasteiger partial charge is 0.0591 e. The molecule has 0 saturated heterocycles. The normalized spacial score (nSPS) is 13.8. The predicted molar refractivity (Wildman–Crippen MR) is 124 cm³/mol. The predicted octanol–water partition coefficient (Wildman–Crippen LogP) is 7.65. The van der Waals surface area contributed by atoms with Crippen LogP contribution in [0, 0.1) is 0 Å². The molecular weight excluding hydrogens is 358 g/mol. The van der Waals surface area contributed by atoms with E-state index in [9.17, 15) is 9.46 Å². The summed E-state index contributed by atoms with van der Waals surface area (Å²) in [6.07, 6.45) is 22.5. The van der Waals surface area contributed by atoms with E-state index in [4.69, 9.17) is 0 Å². The lowest BCUT2D eigenvalue weighted by Crippen LogP contribution is -2.07. The molecular formula is C22H50O2P2. The lowest BCUT2D eigenvalue weighted by Gasteiger charge is -2.23. The Kier molecular flexibility index (Phi) is 21.0. The van der Waals surface area contributed by atoms with E-state index < -0.39 is 14.6 Å². The van der Waals surface area contributed by atoms with Crippen molar-refractivity contribution in [3.05, 3.63) is 0 Å². The molecule has 0 aliphatic rings. The largest absolute Gasteiger partial charge is 0.799 e. The van der Waals surface area contributed by atoms with Gasteiger partial charge < -0.3 is 9.46 Å². The van der Waals surface area contributed by atoms with E-state index in [1.165, 1.54) is 83.7 Å². The van der Waals surface area contributed by atoms with Crippen molar-refractivity contribution >= 4 is 14.6 Å². The Labute approximate surface area is 167 Å². The molecule has 0 fully saturated rings. The first-order valence-corrected chi connectivity index (χ1v) is 16.4. The minimum Gasteiger partial charge on any atom is -0.799 e. The summed E-state index contributed by atoms with van der Waals surface area (Å²) in [6, 6.07) is 0. The van der Waals surface area contributed by atoms with E-state index in [0.717, 1.165) is 0 Å². The molecule has 0 aromatic carbocycles. The third kappa shape index (κ3) is 22.7. The van der Waals surface area contributed by atoms with Crippen molar-refractivity contribution in [1.29, 1.82) is 0 Å². The van der Waals surface area contributed by atoms with Gasteiger partial charge in [0.05, 0.1) is 18.5 Å². The summed E-state index contributed by atoms with van der Waals surface area (Å²) in [4.78, 5) is 10.0. The zero-order chi connectivity index (χ0) is 20.3. The van der Waals surface area contributed by atoms with Crippen LogP contribution in [-0.4, -0.2) is 38.0 Å². The molecule has 4 heteroatoms. The first-order chi connectivity index (χ1) is 12.2. The van der Waals surface area contributed by atoms with E-state index in [1.54, 1.807) is 25.4 Å². The maximum Gasteiger partial charge on any atom is 0.0591 e. The summed E-state index contributed by atoms with van der Waals surface area (Å²) in [5.74, 6) is 0. The van der Waals surface area contributed by atoms with Crippen molar-refractivity contribution in [2.45, 2.75) is 105 Å². The molecule has 0 N–H and O–H groups in total. The van der Waals surface area contributed by atoms with Crippen molar-refractivity contribution in [3.8, 4) is 0 Å². The lowest BCUT2D eigenvalue weighted by atomic mass is 10.2. The minimum atomic E-state index is -2.90. The second-order valence-electron chi connectivity index (χ2n) is 8.30. The SMILES string of the molecule is CCCCCC[P+](C)(CCCCCC)CCCCCC.CCP(C)(=O)[O-]. The quantitative estimate of drug-likeness (QED) is 0.194. The summed E-state index contributed by atoms with van der Waals surface area (Å²) in [5.41, 5.74) is 0. The summed E-state index contributed by atoms with van der Waals surface area (Å²) in [5, 5.41) is 0. The minimum absolute atomic E-state index is 0.271. The van der Waals surface area contributed by atoms with Gasteiger partial charge in [0.1, 0.15) is 0 Å². The van der Waals surface area contributed by atoms with E-state index in [-0.39, 0.29) is 6.16 Å². The van der Waals surface area contributed by atoms with Crippen molar-refractivity contribution in [1.82, 2.24) is 0 Å². The second kappa shape index (κ2) is 19.0. The molecule has 0 amide bonds. The molecule has 0 radical (unpaired) electrons. The molecule has 1 atom stereocenters. The number of unbranched alkanes of at least 4 members (excludes halogenated alkanes) is 9. The molecule has 0 bridgehead atoms. The highest BCUT2D eigenvalue weighted by molar-refractivity contribution is 7.75. The highest BCUT2D eigenvalue weighted by Crippen LogP contribution is 2.57. The average Bonchev–Trinajstić information content (AvgIpc) is 2.60. The van der Waals surface area contributed by atoms with Crippen molar-refractivity contribution in [2.24, 2.45) is 0 Å². The highest BCUT2D eigenvalue weighted by atomic mass is 31.2. The lowest BCUT2D eigenvalue weighted by molar-refractivity contribution is -0.173. The average molecular weight is 409 g/mol. The van der Waals surface area contributed by atoms with Crippen LogP contribution in [0.25, 0.3) is 0 Å². The fourth-order valence-corrected chi connectivity index (χ4v) is 6.73. The van der Waals surface area contributed by atoms with E-state index in [2.05, 4.69) is 27.4 Å². The molecule has 0 rings (SSSR count). The Balaban J connectivity index is 0. The number of hydrogen-bond acceptors (Lipinski definition) is 2. The Hall–Kier alpha value is 0.620. The van der Waals surface area contributed by atoms with Crippen molar-refractivity contribution < 1.29 is 9.46 Å². The molecule has 26 heavy (non-hydrogen) atoms. The highest BCUT2D eigenvalue weighted by Gasteiger charge is 2.29. The molecule has 0 spiro atoms. The van der Waals surface area contributed by atoms with Gasteiger partial charge in [-0.25, -0.2) is 0 Å². The van der Waals surface area contributed by atoms with Crippen molar-refractivity contribution in [2.75, 3.05) is 38.0 Å². The van der Waals surface area contributed by atoms with Gasteiger partial charge in [0.2, 0.25) is 0 Å². The first-order valence-electron chi connectivity index (χ1n) is 11.4. The summed E-state index contributed by atoms with van der Waals surface area (Å²) in [6.45, 7) is 12.5. The molecule has 0 aromatic rings. The van der Waals surface area contributed by atoms with Gasteiger partial charge in [-0.3, -0.25) is 0 Å². The van der Waals surface area contributed by atoms with Gasteiger partial charge in [-0.1, -0.05) is 66.2 Å². The van der Waals surface area contributed by atoms with Gasteiger partial charge in [-0.05, 0) is 51.4 Å². The van der Waals surface area contributed by atoms with Crippen LogP contribution in [0.3, 0.4) is 0 Å². The van der Waals surface area contributed by atoms with E-state index in [0.29, 0.717) is 0 Å². The third-order valence-electron chi connectivity index (χ3n) is 5.23. The zero-order valence-corrected chi connectivity index (χ0v) is 20.8. The van der Waals surface area contributed by atoms with Crippen LogP contribution in [-0.2, 0) is 4.57 Å². The van der Waals surface area contributed by atoms with Gasteiger partial charge >= 0.3 is 0 Å². The second-order valence-corrected chi connectivity index (χ2v) is 15.5. The molecule has 2 nitrogen and oxygen atoms in total. The number of hydrogen-bond donors (Lipinski definition) is 0. The van der Waals surface area contributed by atoms with Gasteiger partial charge in [0, 0.05) is 21.3 Å². The molecule has 0 aromatic heterocycles. The fraction of sp³-hybridized carbons (Fsp3) is 1.00. The van der Waals surface area contributed by atoms with Gasteiger partial charge in [0.25, 0.3) is 0 Å². The van der Waals surface area contributed by atoms with Gasteiger partial charge in [0.15, 0.2) is 0 Å². The van der Waals surface area contributed by atoms with Crippen LogP contribution in [0.1, 0.15) is 105 Å². The topological polar surface area (TPSA) is 40.1 Å². The summed E-state index contributed by atoms with van der Waals surface area (Å²) < 4.78 is 10.0. The molecule has 0 saturated carbocycles. The van der Waals surface area contributed by atoms with Crippen LogP contribution in [0.2, 0.25) is 0 Å². The van der Waals surface area contributed by atoms with Crippen LogP contribution >= 0.6 is 14.6 Å². The third-order valence-corrected chi connectivity index (χ3v) is 10.6. The Morgan fingerprint density at radius 1 is 0.654 bits per heavy atom. The maximum atomic E-state index is 10.0. The molecule has 1 unspecified atom stereocenters. The summed E-state index contributed by atoms with van der Waals surface area (Å²) in [7, 11) is -3.49. The number of rotatable bonds is 16. The standard InChI is InChI=1S/C19H42P.C3H9O2P/c1-5-8-11-14-17-20(4,18-15-12-9-6-2)19-16-13-10-7-3;1-3-6(2,4)5/h5-19H2,1-4H3;3H2,1-2H3,(H,4,5)/q+1;/p-1. The first kappa shape index (κ1) is 28.8. The maximum absolute atomic E-state index is 10.0. The van der Waals surface area contributed by atoms with Crippen LogP contribution in [0.15, 0.2) is 0 Å². The van der Waals surface area contributed by atoms with E-state index in [1.807, 2.05) is 0 Å². The summed E-state index contributed by atoms with van der Waals surface area (Å²) >= 11 is 0. The molecule has 0 aliphatic carbocycles. The van der Waals surface area contributed by atoms with Crippen LogP contribution in [0.5, 0.6) is 0 Å². The van der Waals surface area contributed by atoms with Gasteiger partial charge in [-0.15, -0.1) is 0 Å². The van der Waals surface area contributed by atoms with Crippen LogP contribution < -0.4 is 4.89 Å². The van der Waals surface area contributed by atoms with Gasteiger partial charge in [-0.2, -0.15) is 0 Å².